The van der Waals surface area contributed by atoms with Gasteiger partial charge in [0, 0.05) is 12.5 Å². The molecule has 2 aliphatic heterocycles. The predicted octanol–water partition coefficient (Wildman–Crippen LogP) is 2.36. The van der Waals surface area contributed by atoms with E-state index in [2.05, 4.69) is 4.74 Å². The van der Waals surface area contributed by atoms with Crippen molar-refractivity contribution in [3.63, 3.8) is 0 Å². The number of hydrogen-bond donors (Lipinski definition) is 1. The Morgan fingerprint density at radius 1 is 0.881 bits per heavy atom. The van der Waals surface area contributed by atoms with Gasteiger partial charge in [-0.15, -0.1) is 0 Å². The second-order valence-electron chi connectivity index (χ2n) is 9.64. The van der Waals surface area contributed by atoms with Crippen LogP contribution in [-0.4, -0.2) is 70.1 Å². The molecule has 3 aromatic rings. The van der Waals surface area contributed by atoms with Gasteiger partial charge in [-0.25, -0.2) is 9.59 Å². The van der Waals surface area contributed by atoms with Gasteiger partial charge in [0.15, 0.2) is 40.6 Å². The average Bonchev–Trinajstić information content (AvgIpc) is 3.28. The summed E-state index contributed by atoms with van der Waals surface area (Å²) in [6.45, 7) is 0. The Labute approximate surface area is 237 Å². The lowest BCUT2D eigenvalue weighted by Crippen LogP contribution is -2.49. The van der Waals surface area contributed by atoms with Crippen molar-refractivity contribution in [1.82, 2.24) is 0 Å². The monoisotopic (exact) mass is 580 g/mol. The summed E-state index contributed by atoms with van der Waals surface area (Å²) in [5, 5.41) is 11.8. The molecule has 13 heteroatoms. The van der Waals surface area contributed by atoms with Gasteiger partial charge in [-0.05, 0) is 29.5 Å². The molecule has 2 aromatic carbocycles. The standard InChI is InChI=1S/C29H24O13/c1-35-13-10-14(36-2)23(37-3)18-17(13)20(30)19-24(21(18)31)42-29(26(19)32)7-6-11-8-12-9-15(27(33)39-5)40-28(34)16(12)25(38-4)22(11)41-29/h8-10,26,32H,6-7H2,1-5H3/t26-,29-/m1/s1. The number of benzene rings is 2. The summed E-state index contributed by atoms with van der Waals surface area (Å²) < 4.78 is 43.7. The number of fused-ring (bicyclic) bond motifs is 3. The number of aliphatic hydroxyl groups is 1. The Morgan fingerprint density at radius 2 is 1.60 bits per heavy atom. The van der Waals surface area contributed by atoms with Crippen LogP contribution in [0.3, 0.4) is 0 Å². The Hall–Kier alpha value is -5.04. The van der Waals surface area contributed by atoms with Gasteiger partial charge in [-0.1, -0.05) is 0 Å². The van der Waals surface area contributed by atoms with Gasteiger partial charge in [0.25, 0.3) is 5.79 Å². The summed E-state index contributed by atoms with van der Waals surface area (Å²) in [5.74, 6) is -4.69. The fourth-order valence-corrected chi connectivity index (χ4v) is 5.70. The van der Waals surface area contributed by atoms with Crippen LogP contribution in [-0.2, 0) is 15.9 Å². The summed E-state index contributed by atoms with van der Waals surface area (Å²) >= 11 is 0. The van der Waals surface area contributed by atoms with E-state index < -0.39 is 40.8 Å². The molecule has 0 amide bonds. The summed E-state index contributed by atoms with van der Waals surface area (Å²) in [7, 11) is 6.48. The number of carbonyl (C=O) groups excluding carboxylic acids is 3. The van der Waals surface area contributed by atoms with Gasteiger partial charge < -0.3 is 42.7 Å². The van der Waals surface area contributed by atoms with Gasteiger partial charge in [0.1, 0.15) is 11.1 Å². The molecule has 42 heavy (non-hydrogen) atoms. The third kappa shape index (κ3) is 3.52. The Morgan fingerprint density at radius 3 is 2.24 bits per heavy atom. The highest BCUT2D eigenvalue weighted by Crippen LogP contribution is 2.53. The minimum Gasteiger partial charge on any atom is -0.496 e. The minimum absolute atomic E-state index is 0.00154. The van der Waals surface area contributed by atoms with Crippen LogP contribution in [0.5, 0.6) is 28.7 Å². The molecular formula is C29H24O13. The molecule has 13 nitrogen and oxygen atoms in total. The highest BCUT2D eigenvalue weighted by Gasteiger charge is 2.59. The molecule has 0 unspecified atom stereocenters. The van der Waals surface area contributed by atoms with Gasteiger partial charge in [0.05, 0.1) is 52.2 Å². The molecule has 218 valence electrons. The minimum atomic E-state index is -1.91. The van der Waals surface area contributed by atoms with Crippen molar-refractivity contribution >= 4 is 28.3 Å². The SMILES string of the molecule is COC(=O)c1cc2cc3c(c(OC)c2c(=O)o1)O[C@]1(CC3)OC2=C(C(=O)c3c(OC)cc(OC)c(OC)c3C2=O)[C@H]1O. The number of allylic oxidation sites excluding steroid dienone is 1. The van der Waals surface area contributed by atoms with E-state index in [-0.39, 0.29) is 69.4 Å². The Balaban J connectivity index is 1.46. The van der Waals surface area contributed by atoms with E-state index in [1.165, 1.54) is 40.6 Å². The molecular weight excluding hydrogens is 556 g/mol. The molecule has 6 rings (SSSR count). The number of ether oxygens (including phenoxy) is 7. The first-order valence-corrected chi connectivity index (χ1v) is 12.6. The summed E-state index contributed by atoms with van der Waals surface area (Å²) in [4.78, 5) is 52.6. The molecule has 3 heterocycles. The number of rotatable bonds is 5. The quantitative estimate of drug-likeness (QED) is 0.437. The fourth-order valence-electron chi connectivity index (χ4n) is 5.70. The van der Waals surface area contributed by atoms with E-state index in [9.17, 15) is 24.3 Å². The van der Waals surface area contributed by atoms with Crippen molar-refractivity contribution < 1.29 is 57.1 Å². The van der Waals surface area contributed by atoms with Crippen molar-refractivity contribution in [2.45, 2.75) is 24.7 Å². The van der Waals surface area contributed by atoms with Gasteiger partial charge in [0.2, 0.25) is 11.5 Å². The van der Waals surface area contributed by atoms with E-state index in [1.54, 1.807) is 6.07 Å². The molecule has 3 aliphatic rings. The van der Waals surface area contributed by atoms with Gasteiger partial charge >= 0.3 is 11.6 Å². The van der Waals surface area contributed by atoms with Gasteiger partial charge in [-0.2, -0.15) is 0 Å². The highest BCUT2D eigenvalue weighted by atomic mass is 16.7. The molecule has 2 atom stereocenters. The average molecular weight is 580 g/mol. The molecule has 1 spiro atoms. The maximum absolute atomic E-state index is 13.8. The van der Waals surface area contributed by atoms with E-state index >= 15 is 0 Å². The molecule has 0 bridgehead atoms. The largest absolute Gasteiger partial charge is 0.496 e. The maximum Gasteiger partial charge on any atom is 0.374 e. The normalized spacial score (nSPS) is 20.4. The zero-order valence-corrected chi connectivity index (χ0v) is 23.1. The Kier molecular flexibility index (Phi) is 6.15. The van der Waals surface area contributed by atoms with Crippen LogP contribution in [0.2, 0.25) is 0 Å². The zero-order valence-electron chi connectivity index (χ0n) is 23.1. The van der Waals surface area contributed by atoms with E-state index in [0.717, 1.165) is 7.11 Å². The number of aliphatic hydroxyl groups excluding tert-OH is 1. The van der Waals surface area contributed by atoms with Crippen molar-refractivity contribution in [2.75, 3.05) is 35.5 Å². The number of esters is 1. The third-order valence-electron chi connectivity index (χ3n) is 7.61. The molecule has 0 saturated heterocycles. The lowest BCUT2D eigenvalue weighted by molar-refractivity contribution is -0.195. The number of carbonyl (C=O) groups is 3. The lowest BCUT2D eigenvalue weighted by atomic mass is 9.83. The first-order valence-electron chi connectivity index (χ1n) is 12.6. The van der Waals surface area contributed by atoms with Crippen molar-refractivity contribution in [2.24, 2.45) is 0 Å². The molecule has 0 radical (unpaired) electrons. The van der Waals surface area contributed by atoms with E-state index in [1.807, 2.05) is 0 Å². The molecule has 0 saturated carbocycles. The van der Waals surface area contributed by atoms with E-state index in [4.69, 9.17) is 32.8 Å². The summed E-state index contributed by atoms with van der Waals surface area (Å²) in [5.41, 5.74) is -0.891. The zero-order chi connectivity index (χ0) is 30.1. The molecule has 1 aromatic heterocycles. The maximum atomic E-state index is 13.8. The van der Waals surface area contributed by atoms with Crippen LogP contribution in [0.4, 0.5) is 0 Å². The number of hydrogen-bond acceptors (Lipinski definition) is 13. The fraction of sp³-hybridized carbons (Fsp3) is 0.310. The first-order chi connectivity index (χ1) is 20.1. The third-order valence-corrected chi connectivity index (χ3v) is 7.61. The smallest absolute Gasteiger partial charge is 0.374 e. The first kappa shape index (κ1) is 27.1. The molecule has 1 N–H and O–H groups in total. The Bertz CT molecular complexity index is 1810. The second-order valence-corrected chi connectivity index (χ2v) is 9.64. The van der Waals surface area contributed by atoms with Crippen molar-refractivity contribution in [3.05, 3.63) is 62.4 Å². The van der Waals surface area contributed by atoms with Crippen LogP contribution in [0.15, 0.2) is 38.7 Å². The summed E-state index contributed by atoms with van der Waals surface area (Å²) in [6, 6.07) is 4.37. The molecule has 1 aliphatic carbocycles. The molecule has 0 fully saturated rings. The summed E-state index contributed by atoms with van der Waals surface area (Å²) in [6.07, 6.45) is -1.49. The lowest BCUT2D eigenvalue weighted by Gasteiger charge is -2.37. The van der Waals surface area contributed by atoms with Crippen LogP contribution < -0.4 is 29.3 Å². The van der Waals surface area contributed by atoms with E-state index in [0.29, 0.717) is 10.9 Å². The van der Waals surface area contributed by atoms with Gasteiger partial charge in [-0.3, -0.25) is 9.59 Å². The number of ketones is 2. The van der Waals surface area contributed by atoms with Crippen LogP contribution in [0, 0.1) is 0 Å². The van der Waals surface area contributed by atoms with Crippen LogP contribution in [0.25, 0.3) is 10.8 Å². The van der Waals surface area contributed by atoms with Crippen molar-refractivity contribution in [1.29, 1.82) is 0 Å². The second kappa shape index (κ2) is 9.52. The topological polar surface area (TPSA) is 166 Å². The predicted molar refractivity (Wildman–Crippen MR) is 141 cm³/mol. The number of methoxy groups -OCH3 is 5. The highest BCUT2D eigenvalue weighted by molar-refractivity contribution is 6.29. The van der Waals surface area contributed by atoms with Crippen molar-refractivity contribution in [3.8, 4) is 28.7 Å². The number of Topliss-reactive ketones (excluding diaryl/α,β-unsaturated/α-hetero) is 2. The van der Waals surface area contributed by atoms with Crippen LogP contribution in [0.1, 0.15) is 43.3 Å². The number of aryl methyl sites for hydroxylation is 1. The van der Waals surface area contributed by atoms with Crippen LogP contribution >= 0.6 is 0 Å².